The molecule has 98 valence electrons. The molecule has 6 nitrogen and oxygen atoms in total. The van der Waals surface area contributed by atoms with Crippen LogP contribution in [0.1, 0.15) is 23.9 Å². The van der Waals surface area contributed by atoms with Crippen LogP contribution in [-0.2, 0) is 13.5 Å². The average molecular weight is 257 g/mol. The van der Waals surface area contributed by atoms with Crippen molar-refractivity contribution in [3.63, 3.8) is 0 Å². The van der Waals surface area contributed by atoms with E-state index in [2.05, 4.69) is 15.1 Å². The van der Waals surface area contributed by atoms with Crippen LogP contribution in [0.5, 0.6) is 0 Å². The number of aromatic nitrogens is 5. The van der Waals surface area contributed by atoms with Crippen LogP contribution in [0, 0.1) is 0 Å². The van der Waals surface area contributed by atoms with Crippen molar-refractivity contribution in [1.29, 1.82) is 0 Å². The second-order valence-corrected chi connectivity index (χ2v) is 4.51. The number of rotatable bonds is 4. The van der Waals surface area contributed by atoms with Crippen molar-refractivity contribution in [2.24, 2.45) is 7.05 Å². The van der Waals surface area contributed by atoms with Crippen molar-refractivity contribution >= 4 is 5.52 Å². The number of imidazole rings is 1. The van der Waals surface area contributed by atoms with Gasteiger partial charge in [0.15, 0.2) is 0 Å². The quantitative estimate of drug-likeness (QED) is 0.760. The van der Waals surface area contributed by atoms with Gasteiger partial charge in [0.25, 0.3) is 0 Å². The molecule has 0 saturated heterocycles. The second kappa shape index (κ2) is 4.81. The van der Waals surface area contributed by atoms with Crippen molar-refractivity contribution in [1.82, 2.24) is 24.1 Å². The number of aryl methyl sites for hydroxylation is 2. The maximum Gasteiger partial charge on any atom is 0.108 e. The Morgan fingerprint density at radius 1 is 1.26 bits per heavy atom. The lowest BCUT2D eigenvalue weighted by atomic mass is 10.1. The summed E-state index contributed by atoms with van der Waals surface area (Å²) in [5.41, 5.74) is 1.65. The summed E-state index contributed by atoms with van der Waals surface area (Å²) in [7, 11) is 1.95. The van der Waals surface area contributed by atoms with Gasteiger partial charge in [-0.2, -0.15) is 5.10 Å². The molecule has 0 aromatic carbocycles. The van der Waals surface area contributed by atoms with Gasteiger partial charge in [0.05, 0.1) is 24.0 Å². The smallest absolute Gasteiger partial charge is 0.108 e. The number of aliphatic hydroxyl groups is 1. The number of hydrogen-bond donors (Lipinski definition) is 1. The third-order valence-electron chi connectivity index (χ3n) is 3.28. The molecule has 1 atom stereocenters. The first-order valence-electron chi connectivity index (χ1n) is 6.17. The molecule has 1 N–H and O–H groups in total. The van der Waals surface area contributed by atoms with Crippen LogP contribution in [0.25, 0.3) is 5.52 Å². The van der Waals surface area contributed by atoms with E-state index in [1.165, 1.54) is 0 Å². The third-order valence-corrected chi connectivity index (χ3v) is 3.28. The second-order valence-electron chi connectivity index (χ2n) is 4.51. The number of fused-ring (bicyclic) bond motifs is 1. The summed E-state index contributed by atoms with van der Waals surface area (Å²) in [6, 6.07) is 0. The Kier molecular flexibility index (Phi) is 3.00. The lowest BCUT2D eigenvalue weighted by molar-refractivity contribution is 0.168. The molecule has 19 heavy (non-hydrogen) atoms. The molecule has 0 aliphatic carbocycles. The fourth-order valence-electron chi connectivity index (χ4n) is 2.17. The van der Waals surface area contributed by atoms with Gasteiger partial charge in [-0.3, -0.25) is 4.98 Å². The fourth-order valence-corrected chi connectivity index (χ4v) is 2.17. The molecule has 0 fully saturated rings. The standard InChI is InChI=1S/C13H15N5O/c1-17-6-5-15-13(17)3-2-12(19)10-8-16-18-7-4-14-9-11(10)18/h4-9,12,19H,2-3H2,1H3. The summed E-state index contributed by atoms with van der Waals surface area (Å²) in [5.74, 6) is 0.966. The zero-order chi connectivity index (χ0) is 13.2. The minimum absolute atomic E-state index is 0.557. The van der Waals surface area contributed by atoms with Crippen molar-refractivity contribution < 1.29 is 5.11 Å². The highest BCUT2D eigenvalue weighted by atomic mass is 16.3. The van der Waals surface area contributed by atoms with E-state index in [1.54, 1.807) is 35.5 Å². The van der Waals surface area contributed by atoms with Gasteiger partial charge in [0.1, 0.15) is 5.82 Å². The first kappa shape index (κ1) is 11.9. The highest BCUT2D eigenvalue weighted by molar-refractivity contribution is 5.52. The number of nitrogens with zero attached hydrogens (tertiary/aromatic N) is 5. The highest BCUT2D eigenvalue weighted by Crippen LogP contribution is 2.22. The van der Waals surface area contributed by atoms with Gasteiger partial charge in [0.2, 0.25) is 0 Å². The predicted octanol–water partition coefficient (Wildman–Crippen LogP) is 1.13. The zero-order valence-corrected chi connectivity index (χ0v) is 10.6. The third kappa shape index (κ3) is 2.22. The van der Waals surface area contributed by atoms with Crippen LogP contribution in [0.15, 0.2) is 37.2 Å². The Morgan fingerprint density at radius 2 is 2.16 bits per heavy atom. The van der Waals surface area contributed by atoms with Gasteiger partial charge in [-0.1, -0.05) is 0 Å². The summed E-state index contributed by atoms with van der Waals surface area (Å²) in [6.45, 7) is 0. The summed E-state index contributed by atoms with van der Waals surface area (Å²) in [5, 5.41) is 14.5. The molecule has 3 heterocycles. The molecule has 0 amide bonds. The first-order valence-corrected chi connectivity index (χ1v) is 6.17. The van der Waals surface area contributed by atoms with E-state index in [0.717, 1.165) is 23.3 Å². The van der Waals surface area contributed by atoms with E-state index in [1.807, 2.05) is 17.8 Å². The van der Waals surface area contributed by atoms with Gasteiger partial charge < -0.3 is 9.67 Å². The van der Waals surface area contributed by atoms with Gasteiger partial charge in [0, 0.05) is 43.8 Å². The molecule has 0 aliphatic heterocycles. The SMILES string of the molecule is Cn1ccnc1CCC(O)c1cnn2ccncc12. The van der Waals surface area contributed by atoms with Gasteiger partial charge in [-0.05, 0) is 6.42 Å². The minimum atomic E-state index is -0.557. The topological polar surface area (TPSA) is 68.2 Å². The molecule has 3 aromatic heterocycles. The molecule has 0 radical (unpaired) electrons. The van der Waals surface area contributed by atoms with E-state index < -0.39 is 6.10 Å². The van der Waals surface area contributed by atoms with Gasteiger partial charge in [-0.15, -0.1) is 0 Å². The van der Waals surface area contributed by atoms with Crippen molar-refractivity contribution in [2.45, 2.75) is 18.9 Å². The summed E-state index contributed by atoms with van der Waals surface area (Å²) < 4.78 is 3.68. The average Bonchev–Trinajstić information content (AvgIpc) is 3.02. The molecule has 3 aromatic rings. The Morgan fingerprint density at radius 3 is 2.95 bits per heavy atom. The molecule has 0 spiro atoms. The highest BCUT2D eigenvalue weighted by Gasteiger charge is 2.14. The van der Waals surface area contributed by atoms with E-state index >= 15 is 0 Å². The summed E-state index contributed by atoms with van der Waals surface area (Å²) in [6.07, 6.45) is 11.3. The lowest BCUT2D eigenvalue weighted by Gasteiger charge is -2.09. The maximum atomic E-state index is 10.3. The largest absolute Gasteiger partial charge is 0.388 e. The van der Waals surface area contributed by atoms with Gasteiger partial charge >= 0.3 is 0 Å². The van der Waals surface area contributed by atoms with Crippen molar-refractivity contribution in [3.8, 4) is 0 Å². The molecule has 1 unspecified atom stereocenters. The lowest BCUT2D eigenvalue weighted by Crippen LogP contribution is -2.03. The Hall–Kier alpha value is -2.21. The molecular weight excluding hydrogens is 242 g/mol. The van der Waals surface area contributed by atoms with Crippen LogP contribution in [0.2, 0.25) is 0 Å². The van der Waals surface area contributed by atoms with E-state index in [9.17, 15) is 5.11 Å². The number of hydrogen-bond acceptors (Lipinski definition) is 4. The maximum absolute atomic E-state index is 10.3. The Labute approximate surface area is 110 Å². The molecule has 0 saturated carbocycles. The van der Waals surface area contributed by atoms with E-state index in [0.29, 0.717) is 6.42 Å². The summed E-state index contributed by atoms with van der Waals surface area (Å²) >= 11 is 0. The van der Waals surface area contributed by atoms with E-state index in [4.69, 9.17) is 0 Å². The van der Waals surface area contributed by atoms with Crippen molar-refractivity contribution in [3.05, 3.63) is 48.6 Å². The zero-order valence-electron chi connectivity index (χ0n) is 10.6. The van der Waals surface area contributed by atoms with Gasteiger partial charge in [-0.25, -0.2) is 9.50 Å². The Balaban J connectivity index is 1.77. The molecule has 3 rings (SSSR count). The minimum Gasteiger partial charge on any atom is -0.388 e. The molecular formula is C13H15N5O. The molecule has 0 bridgehead atoms. The summed E-state index contributed by atoms with van der Waals surface area (Å²) in [4.78, 5) is 8.31. The van der Waals surface area contributed by atoms with E-state index in [-0.39, 0.29) is 0 Å². The fraction of sp³-hybridized carbons (Fsp3) is 0.308. The van der Waals surface area contributed by atoms with Crippen LogP contribution in [0.4, 0.5) is 0 Å². The monoisotopic (exact) mass is 257 g/mol. The Bertz CT molecular complexity index is 687. The van der Waals surface area contributed by atoms with Crippen LogP contribution < -0.4 is 0 Å². The molecule has 6 heteroatoms. The first-order chi connectivity index (χ1) is 9.25. The predicted molar refractivity (Wildman–Crippen MR) is 69.5 cm³/mol. The van der Waals surface area contributed by atoms with Crippen LogP contribution in [-0.4, -0.2) is 29.3 Å². The molecule has 0 aliphatic rings. The van der Waals surface area contributed by atoms with Crippen molar-refractivity contribution in [2.75, 3.05) is 0 Å². The van der Waals surface area contributed by atoms with Crippen LogP contribution >= 0.6 is 0 Å². The van der Waals surface area contributed by atoms with Crippen LogP contribution in [0.3, 0.4) is 0 Å². The normalized spacial score (nSPS) is 12.9. The number of aliphatic hydroxyl groups excluding tert-OH is 1.